The second-order valence-corrected chi connectivity index (χ2v) is 24.8. The lowest BCUT2D eigenvalue weighted by Crippen LogP contribution is -2.30. The number of hydrogen-bond donors (Lipinski definition) is 0. The van der Waals surface area contributed by atoms with Gasteiger partial charge in [-0.15, -0.1) is 0 Å². The molecule has 2 aromatic heterocycles. The van der Waals surface area contributed by atoms with E-state index < -0.39 is 0 Å². The van der Waals surface area contributed by atoms with Gasteiger partial charge in [-0.1, -0.05) is 158 Å². The molecule has 5 heteroatoms. The lowest BCUT2D eigenvalue weighted by atomic mass is 9.74. The van der Waals surface area contributed by atoms with E-state index in [9.17, 15) is 0 Å². The molecule has 5 nitrogen and oxygen atoms in total. The number of anilines is 7. The molecule has 3 heterocycles. The summed E-state index contributed by atoms with van der Waals surface area (Å²) >= 11 is 0. The lowest BCUT2D eigenvalue weighted by molar-refractivity contribution is 0.291. The normalized spacial score (nSPS) is 17.6. The zero-order valence-corrected chi connectivity index (χ0v) is 47.8. The van der Waals surface area contributed by atoms with Crippen molar-refractivity contribution >= 4 is 84.3 Å². The van der Waals surface area contributed by atoms with Crippen molar-refractivity contribution in [3.05, 3.63) is 265 Å². The van der Waals surface area contributed by atoms with Gasteiger partial charge in [-0.2, -0.15) is 0 Å². The van der Waals surface area contributed by atoms with Crippen molar-refractivity contribution in [3.63, 3.8) is 0 Å². The van der Waals surface area contributed by atoms with Gasteiger partial charge in [0.05, 0.1) is 22.6 Å². The maximum Gasteiger partial charge on any atom is 0.0631 e. The van der Waals surface area contributed by atoms with Crippen molar-refractivity contribution in [1.29, 1.82) is 0 Å². The van der Waals surface area contributed by atoms with Crippen LogP contribution in [0.5, 0.6) is 0 Å². The predicted octanol–water partition coefficient (Wildman–Crippen LogP) is 20.5. The van der Waals surface area contributed by atoms with Crippen LogP contribution in [0.15, 0.2) is 242 Å². The zero-order valence-electron chi connectivity index (χ0n) is 47.8. The van der Waals surface area contributed by atoms with Crippen LogP contribution in [0.3, 0.4) is 0 Å². The topological polar surface area (TPSA) is 19.6 Å². The number of para-hydroxylation sites is 4. The highest BCUT2D eigenvalue weighted by molar-refractivity contribution is 6.12. The van der Waals surface area contributed by atoms with Gasteiger partial charge in [0.15, 0.2) is 0 Å². The standard InChI is InChI=1S/C76H71N5/c1-51(2)76(6,7)53-34-40-70-64(46-53)66-48-60(36-42-72(66)80(70)57-29-19-11-20-30-57)78(55-25-15-9-16-26-55)62-38-44-74-68(50-62)67-49-61(37-43-73(67)81(74)58-31-21-12-22-32-58)77(54-23-13-8-14-24-54)59-35-41-71-65(47-59)63-45-52(75(3,4)5)33-39-69(63)79(71)56-27-17-10-18-28-56/h8-19,21-29,31-44,46-52,67,73H,20,30,45H2,1-7H3. The largest absolute Gasteiger partial charge is 0.333 e. The van der Waals surface area contributed by atoms with Gasteiger partial charge in [0.2, 0.25) is 0 Å². The first kappa shape index (κ1) is 50.4. The molecule has 0 bridgehead atoms. The summed E-state index contributed by atoms with van der Waals surface area (Å²) in [7, 11) is 0. The highest BCUT2D eigenvalue weighted by atomic mass is 15.2. The predicted molar refractivity (Wildman–Crippen MR) is 345 cm³/mol. The summed E-state index contributed by atoms with van der Waals surface area (Å²) in [4.78, 5) is 7.52. The maximum atomic E-state index is 2.56. The van der Waals surface area contributed by atoms with Gasteiger partial charge in [0, 0.05) is 84.7 Å². The Hall–Kier alpha value is -8.80. The van der Waals surface area contributed by atoms with Gasteiger partial charge >= 0.3 is 0 Å². The van der Waals surface area contributed by atoms with Gasteiger partial charge in [0.25, 0.3) is 0 Å². The van der Waals surface area contributed by atoms with Crippen LogP contribution in [0.25, 0.3) is 50.2 Å². The van der Waals surface area contributed by atoms with Crippen molar-refractivity contribution < 1.29 is 0 Å². The summed E-state index contributed by atoms with van der Waals surface area (Å²) in [5, 5.41) is 3.87. The highest BCUT2D eigenvalue weighted by Crippen LogP contribution is 2.53. The Morgan fingerprint density at radius 3 is 1.77 bits per heavy atom. The highest BCUT2D eigenvalue weighted by Gasteiger charge is 2.40. The number of fused-ring (bicyclic) bond motifs is 9. The third kappa shape index (κ3) is 8.59. The molecule has 0 fully saturated rings. The van der Waals surface area contributed by atoms with Gasteiger partial charge in [-0.25, -0.2) is 0 Å². The third-order valence-corrected chi connectivity index (χ3v) is 18.6. The molecule has 0 radical (unpaired) electrons. The molecule has 400 valence electrons. The molecule has 0 saturated carbocycles. The summed E-state index contributed by atoms with van der Waals surface area (Å²) < 4.78 is 5.00. The second-order valence-electron chi connectivity index (χ2n) is 24.8. The molecule has 3 unspecified atom stereocenters. The summed E-state index contributed by atoms with van der Waals surface area (Å²) in [5.74, 6) is 0.948. The fourth-order valence-corrected chi connectivity index (χ4v) is 13.4. The molecule has 0 spiro atoms. The molecule has 0 amide bonds. The van der Waals surface area contributed by atoms with Gasteiger partial charge in [-0.05, 0) is 192 Å². The average molecular weight is 1050 g/mol. The van der Waals surface area contributed by atoms with E-state index in [-0.39, 0.29) is 22.8 Å². The molecule has 1 aliphatic heterocycles. The molecule has 0 N–H and O–H groups in total. The molecule has 8 aromatic carbocycles. The van der Waals surface area contributed by atoms with Crippen LogP contribution in [0, 0.1) is 17.3 Å². The zero-order chi connectivity index (χ0) is 55.1. The Labute approximate surface area is 478 Å². The Balaban J connectivity index is 0.929. The number of rotatable bonds is 11. The Morgan fingerprint density at radius 1 is 0.531 bits per heavy atom. The van der Waals surface area contributed by atoms with E-state index >= 15 is 0 Å². The smallest absolute Gasteiger partial charge is 0.0631 e. The van der Waals surface area contributed by atoms with Crippen LogP contribution in [0.4, 0.5) is 39.8 Å². The summed E-state index contributed by atoms with van der Waals surface area (Å²) in [5.41, 5.74) is 21.0. The maximum absolute atomic E-state index is 2.56. The first-order valence-electron chi connectivity index (χ1n) is 29.3. The molecule has 10 aromatic rings. The Bertz CT molecular complexity index is 4200. The summed E-state index contributed by atoms with van der Waals surface area (Å²) in [6, 6.07) is 72.6. The van der Waals surface area contributed by atoms with Gasteiger partial charge < -0.3 is 23.8 Å². The van der Waals surface area contributed by atoms with E-state index in [0.29, 0.717) is 11.8 Å². The third-order valence-electron chi connectivity index (χ3n) is 18.6. The minimum atomic E-state index is 0.0100. The van der Waals surface area contributed by atoms with Crippen molar-refractivity contribution in [2.75, 3.05) is 14.7 Å². The van der Waals surface area contributed by atoms with Crippen LogP contribution in [-0.2, 0) is 11.8 Å². The molecular weight excluding hydrogens is 983 g/mol. The van der Waals surface area contributed by atoms with Crippen molar-refractivity contribution in [3.8, 4) is 5.69 Å². The monoisotopic (exact) mass is 1050 g/mol. The van der Waals surface area contributed by atoms with Crippen molar-refractivity contribution in [2.45, 2.75) is 85.1 Å². The summed E-state index contributed by atoms with van der Waals surface area (Å²) in [6.45, 7) is 16.6. The molecular formula is C76H71N5. The number of hydrogen-bond acceptors (Lipinski definition) is 3. The first-order chi connectivity index (χ1) is 39.4. The van der Waals surface area contributed by atoms with Crippen LogP contribution >= 0.6 is 0 Å². The van der Waals surface area contributed by atoms with Crippen LogP contribution in [-0.4, -0.2) is 15.2 Å². The van der Waals surface area contributed by atoms with E-state index in [4.69, 9.17) is 0 Å². The van der Waals surface area contributed by atoms with E-state index in [1.807, 2.05) is 0 Å². The van der Waals surface area contributed by atoms with E-state index in [2.05, 4.69) is 315 Å². The number of aromatic nitrogens is 2. The molecule has 14 rings (SSSR count). The fraction of sp³-hybridized carbons (Fsp3) is 0.211. The minimum Gasteiger partial charge on any atom is -0.333 e. The number of benzene rings is 8. The van der Waals surface area contributed by atoms with E-state index in [0.717, 1.165) is 53.4 Å². The molecule has 4 aliphatic rings. The molecule has 0 saturated heterocycles. The van der Waals surface area contributed by atoms with Crippen LogP contribution in [0.1, 0.15) is 89.6 Å². The Kier molecular flexibility index (Phi) is 12.3. The molecule has 3 aliphatic carbocycles. The SMILES string of the molecule is CC(C)C(C)(C)c1ccc2c(c1)c1cc(N(c3ccccc3)c3ccc4c(c3)C3C=C(N(c5ccccc5)c5ccc6c(c5)c5c(n6-c6ccccc6)C=CC(C(C)(C)C)C5)C=CC3N4c3ccccc3)ccc1n2C1=CC=CCC1. The minimum absolute atomic E-state index is 0.0100. The molecule has 81 heavy (non-hydrogen) atoms. The van der Waals surface area contributed by atoms with Crippen LogP contribution in [0.2, 0.25) is 0 Å². The summed E-state index contributed by atoms with van der Waals surface area (Å²) in [6.07, 6.45) is 22.1. The number of allylic oxidation sites excluding steroid dienone is 6. The van der Waals surface area contributed by atoms with E-state index in [1.54, 1.807) is 0 Å². The first-order valence-corrected chi connectivity index (χ1v) is 29.3. The lowest BCUT2D eigenvalue weighted by Gasteiger charge is -2.33. The van der Waals surface area contributed by atoms with Crippen LogP contribution < -0.4 is 14.7 Å². The van der Waals surface area contributed by atoms with Gasteiger partial charge in [-0.3, -0.25) is 0 Å². The van der Waals surface area contributed by atoms with Crippen molar-refractivity contribution in [1.82, 2.24) is 9.13 Å². The fourth-order valence-electron chi connectivity index (χ4n) is 13.4. The van der Waals surface area contributed by atoms with E-state index in [1.165, 1.54) is 77.9 Å². The number of nitrogens with zero attached hydrogens (tertiary/aromatic N) is 5. The quantitative estimate of drug-likeness (QED) is 0.129. The van der Waals surface area contributed by atoms with Gasteiger partial charge in [0.1, 0.15) is 0 Å². The molecule has 3 atom stereocenters. The second kappa shape index (κ2) is 19.8. The average Bonchev–Trinajstić information content (AvgIpc) is 4.22. The Morgan fingerprint density at radius 2 is 1.11 bits per heavy atom. The van der Waals surface area contributed by atoms with Crippen molar-refractivity contribution in [2.24, 2.45) is 17.3 Å².